The van der Waals surface area contributed by atoms with Gasteiger partial charge < -0.3 is 5.73 Å². The van der Waals surface area contributed by atoms with Crippen LogP contribution < -0.4 is 5.73 Å². The third-order valence-corrected chi connectivity index (χ3v) is 2.60. The van der Waals surface area contributed by atoms with Gasteiger partial charge in [0.1, 0.15) is 5.82 Å². The first-order valence-corrected chi connectivity index (χ1v) is 4.84. The zero-order valence-electron chi connectivity index (χ0n) is 7.95. The van der Waals surface area contributed by atoms with Crippen molar-refractivity contribution in [3.8, 4) is 0 Å². The van der Waals surface area contributed by atoms with E-state index in [2.05, 4.69) is 9.97 Å². The maximum Gasteiger partial charge on any atom is 0.131 e. The SMILES string of the molecule is Cc1cc(CN)nc(C2CCC2)n1. The van der Waals surface area contributed by atoms with E-state index >= 15 is 0 Å². The molecule has 0 amide bonds. The largest absolute Gasteiger partial charge is 0.325 e. The number of aryl methyl sites for hydroxylation is 1. The number of hydrogen-bond donors (Lipinski definition) is 1. The van der Waals surface area contributed by atoms with Crippen LogP contribution in [-0.4, -0.2) is 9.97 Å². The van der Waals surface area contributed by atoms with E-state index in [-0.39, 0.29) is 0 Å². The summed E-state index contributed by atoms with van der Waals surface area (Å²) in [6.45, 7) is 2.52. The van der Waals surface area contributed by atoms with Gasteiger partial charge in [0.2, 0.25) is 0 Å². The summed E-state index contributed by atoms with van der Waals surface area (Å²) in [5.74, 6) is 1.61. The van der Waals surface area contributed by atoms with Gasteiger partial charge in [0.25, 0.3) is 0 Å². The van der Waals surface area contributed by atoms with Crippen LogP contribution in [0.5, 0.6) is 0 Å². The predicted molar refractivity (Wildman–Crippen MR) is 51.3 cm³/mol. The van der Waals surface area contributed by atoms with Gasteiger partial charge in [-0.3, -0.25) is 0 Å². The number of nitrogens with zero attached hydrogens (tertiary/aromatic N) is 2. The molecular weight excluding hydrogens is 162 g/mol. The molecule has 3 heteroatoms. The highest BCUT2D eigenvalue weighted by Gasteiger charge is 2.22. The van der Waals surface area contributed by atoms with E-state index in [1.165, 1.54) is 19.3 Å². The highest BCUT2D eigenvalue weighted by molar-refractivity contribution is 5.13. The van der Waals surface area contributed by atoms with Crippen LogP contribution in [0.1, 0.15) is 42.4 Å². The monoisotopic (exact) mass is 177 g/mol. The minimum atomic E-state index is 0.517. The van der Waals surface area contributed by atoms with Crippen LogP contribution >= 0.6 is 0 Å². The molecule has 2 N–H and O–H groups in total. The molecule has 13 heavy (non-hydrogen) atoms. The zero-order chi connectivity index (χ0) is 9.26. The van der Waals surface area contributed by atoms with Gasteiger partial charge in [-0.05, 0) is 25.8 Å². The molecule has 0 spiro atoms. The second kappa shape index (κ2) is 3.42. The van der Waals surface area contributed by atoms with Crippen molar-refractivity contribution in [2.24, 2.45) is 5.73 Å². The van der Waals surface area contributed by atoms with E-state index in [1.54, 1.807) is 0 Å². The van der Waals surface area contributed by atoms with Crippen molar-refractivity contribution >= 4 is 0 Å². The average molecular weight is 177 g/mol. The molecule has 70 valence electrons. The molecule has 1 fully saturated rings. The zero-order valence-corrected chi connectivity index (χ0v) is 7.95. The van der Waals surface area contributed by atoms with Crippen LogP contribution in [0.4, 0.5) is 0 Å². The van der Waals surface area contributed by atoms with Crippen molar-refractivity contribution in [2.75, 3.05) is 0 Å². The van der Waals surface area contributed by atoms with E-state index < -0.39 is 0 Å². The fraction of sp³-hybridized carbons (Fsp3) is 0.600. The molecule has 1 aromatic rings. The molecule has 0 bridgehead atoms. The van der Waals surface area contributed by atoms with E-state index in [4.69, 9.17) is 5.73 Å². The van der Waals surface area contributed by atoms with Gasteiger partial charge in [0, 0.05) is 18.2 Å². The summed E-state index contributed by atoms with van der Waals surface area (Å²) in [6.07, 6.45) is 3.81. The van der Waals surface area contributed by atoms with Crippen LogP contribution in [0.25, 0.3) is 0 Å². The van der Waals surface area contributed by atoms with Gasteiger partial charge >= 0.3 is 0 Å². The van der Waals surface area contributed by atoms with E-state index in [9.17, 15) is 0 Å². The molecule has 1 heterocycles. The third-order valence-electron chi connectivity index (χ3n) is 2.60. The Labute approximate surface area is 78.4 Å². The molecule has 0 saturated heterocycles. The van der Waals surface area contributed by atoms with Crippen molar-refractivity contribution < 1.29 is 0 Å². The molecule has 0 atom stereocenters. The van der Waals surface area contributed by atoms with Crippen LogP contribution in [0.15, 0.2) is 6.07 Å². The Hall–Kier alpha value is -0.960. The van der Waals surface area contributed by atoms with Crippen LogP contribution in [0.3, 0.4) is 0 Å². The quantitative estimate of drug-likeness (QED) is 0.745. The number of aromatic nitrogens is 2. The lowest BCUT2D eigenvalue weighted by atomic mass is 9.85. The Bertz CT molecular complexity index is 305. The van der Waals surface area contributed by atoms with Gasteiger partial charge in [-0.25, -0.2) is 9.97 Å². The summed E-state index contributed by atoms with van der Waals surface area (Å²) in [5, 5.41) is 0. The summed E-state index contributed by atoms with van der Waals surface area (Å²) in [6, 6.07) is 1.96. The van der Waals surface area contributed by atoms with Crippen molar-refractivity contribution in [1.82, 2.24) is 9.97 Å². The molecule has 1 aliphatic carbocycles. The molecule has 1 saturated carbocycles. The Morgan fingerprint density at radius 1 is 1.46 bits per heavy atom. The number of rotatable bonds is 2. The molecule has 0 unspecified atom stereocenters. The van der Waals surface area contributed by atoms with Crippen LogP contribution in [0, 0.1) is 6.92 Å². The predicted octanol–water partition coefficient (Wildman–Crippen LogP) is 1.51. The smallest absolute Gasteiger partial charge is 0.131 e. The Kier molecular flexibility index (Phi) is 2.27. The molecule has 0 aliphatic heterocycles. The molecule has 1 aliphatic rings. The Balaban J connectivity index is 2.28. The van der Waals surface area contributed by atoms with E-state index in [1.807, 2.05) is 13.0 Å². The van der Waals surface area contributed by atoms with Gasteiger partial charge in [0.15, 0.2) is 0 Å². The summed E-state index contributed by atoms with van der Waals surface area (Å²) in [5.41, 5.74) is 7.56. The molecule has 2 rings (SSSR count). The lowest BCUT2D eigenvalue weighted by molar-refractivity contribution is 0.399. The lowest BCUT2D eigenvalue weighted by Gasteiger charge is -2.24. The molecule has 1 aromatic heterocycles. The fourth-order valence-electron chi connectivity index (χ4n) is 1.61. The average Bonchev–Trinajstić information content (AvgIpc) is 2.00. The van der Waals surface area contributed by atoms with Crippen LogP contribution in [-0.2, 0) is 6.54 Å². The van der Waals surface area contributed by atoms with Gasteiger partial charge in [-0.1, -0.05) is 6.42 Å². The highest BCUT2D eigenvalue weighted by atomic mass is 14.9. The van der Waals surface area contributed by atoms with Crippen molar-refractivity contribution in [1.29, 1.82) is 0 Å². The van der Waals surface area contributed by atoms with Crippen LogP contribution in [0.2, 0.25) is 0 Å². The highest BCUT2D eigenvalue weighted by Crippen LogP contribution is 2.34. The number of nitrogens with two attached hydrogens (primary N) is 1. The summed E-state index contributed by atoms with van der Waals surface area (Å²) in [4.78, 5) is 8.88. The minimum Gasteiger partial charge on any atom is -0.325 e. The van der Waals surface area contributed by atoms with Gasteiger partial charge in [-0.15, -0.1) is 0 Å². The minimum absolute atomic E-state index is 0.517. The molecule has 3 nitrogen and oxygen atoms in total. The summed E-state index contributed by atoms with van der Waals surface area (Å²) in [7, 11) is 0. The van der Waals surface area contributed by atoms with Gasteiger partial charge in [-0.2, -0.15) is 0 Å². The maximum atomic E-state index is 5.56. The normalized spacial score (nSPS) is 17.1. The third kappa shape index (κ3) is 1.70. The first-order valence-electron chi connectivity index (χ1n) is 4.84. The number of hydrogen-bond acceptors (Lipinski definition) is 3. The van der Waals surface area contributed by atoms with E-state index in [0.717, 1.165) is 17.2 Å². The second-order valence-corrected chi connectivity index (χ2v) is 3.69. The second-order valence-electron chi connectivity index (χ2n) is 3.69. The molecule has 0 radical (unpaired) electrons. The van der Waals surface area contributed by atoms with Crippen molar-refractivity contribution in [3.63, 3.8) is 0 Å². The van der Waals surface area contributed by atoms with Crippen molar-refractivity contribution in [3.05, 3.63) is 23.3 Å². The molecule has 0 aromatic carbocycles. The Morgan fingerprint density at radius 2 is 2.23 bits per heavy atom. The summed E-state index contributed by atoms with van der Waals surface area (Å²) < 4.78 is 0. The standard InChI is InChI=1S/C10H15N3/c1-7-5-9(6-11)13-10(12-7)8-3-2-4-8/h5,8H,2-4,6,11H2,1H3. The first kappa shape index (κ1) is 8.63. The lowest BCUT2D eigenvalue weighted by Crippen LogP contribution is -2.15. The van der Waals surface area contributed by atoms with E-state index in [0.29, 0.717) is 12.5 Å². The maximum absolute atomic E-state index is 5.56. The fourth-order valence-corrected chi connectivity index (χ4v) is 1.61. The topological polar surface area (TPSA) is 51.8 Å². The summed E-state index contributed by atoms with van der Waals surface area (Å²) >= 11 is 0. The first-order chi connectivity index (χ1) is 6.29. The Morgan fingerprint density at radius 3 is 2.77 bits per heavy atom. The van der Waals surface area contributed by atoms with Gasteiger partial charge in [0.05, 0.1) is 5.69 Å². The van der Waals surface area contributed by atoms with Crippen molar-refractivity contribution in [2.45, 2.75) is 38.6 Å². The molecular formula is C10H15N3.